The fourth-order valence-corrected chi connectivity index (χ4v) is 2.58. The Hall–Kier alpha value is -2.59. The van der Waals surface area contributed by atoms with Crippen molar-refractivity contribution in [2.45, 2.75) is 13.8 Å². The maximum atomic E-state index is 12.4. The van der Waals surface area contributed by atoms with Crippen LogP contribution in [0.2, 0.25) is 5.02 Å². The second-order valence-electron chi connectivity index (χ2n) is 5.47. The van der Waals surface area contributed by atoms with Crippen LogP contribution in [-0.2, 0) is 4.79 Å². The highest BCUT2D eigenvalue weighted by Crippen LogP contribution is 2.23. The number of fused-ring (bicyclic) bond motifs is 1. The van der Waals surface area contributed by atoms with Gasteiger partial charge in [0.1, 0.15) is 0 Å². The summed E-state index contributed by atoms with van der Waals surface area (Å²) in [6.07, 6.45) is 1.53. The van der Waals surface area contributed by atoms with Crippen molar-refractivity contribution in [2.24, 2.45) is 0 Å². The first kappa shape index (κ1) is 15.3. The summed E-state index contributed by atoms with van der Waals surface area (Å²) < 4.78 is 0. The number of aromatic amines is 1. The van der Waals surface area contributed by atoms with E-state index in [1.807, 2.05) is 26.0 Å². The molecular formula is C18H15ClN2O2. The molecule has 5 heteroatoms. The molecule has 0 saturated carbocycles. The molecule has 0 aliphatic rings. The number of benzene rings is 2. The van der Waals surface area contributed by atoms with Crippen LogP contribution < -0.4 is 5.32 Å². The summed E-state index contributed by atoms with van der Waals surface area (Å²) in [5.41, 5.74) is 3.85. The Morgan fingerprint density at radius 2 is 1.83 bits per heavy atom. The summed E-state index contributed by atoms with van der Waals surface area (Å²) in [6.45, 7) is 3.94. The molecule has 0 saturated heterocycles. The zero-order chi connectivity index (χ0) is 16.6. The molecule has 116 valence electrons. The highest BCUT2D eigenvalue weighted by atomic mass is 35.5. The van der Waals surface area contributed by atoms with Gasteiger partial charge < -0.3 is 10.3 Å². The summed E-state index contributed by atoms with van der Waals surface area (Å²) in [5, 5.41) is 3.79. The minimum absolute atomic E-state index is 0.309. The number of hydrogen-bond acceptors (Lipinski definition) is 2. The zero-order valence-electron chi connectivity index (χ0n) is 12.7. The SMILES string of the molecule is Cc1ccc(NC(=O)C(=O)c2c[nH]c3ccc(Cl)cc23)cc1C. The predicted molar refractivity (Wildman–Crippen MR) is 92.2 cm³/mol. The number of anilines is 1. The van der Waals surface area contributed by atoms with E-state index >= 15 is 0 Å². The monoisotopic (exact) mass is 326 g/mol. The molecule has 0 atom stereocenters. The van der Waals surface area contributed by atoms with Crippen molar-refractivity contribution >= 4 is 39.9 Å². The van der Waals surface area contributed by atoms with Crippen molar-refractivity contribution in [3.05, 3.63) is 64.3 Å². The van der Waals surface area contributed by atoms with Crippen LogP contribution in [0.3, 0.4) is 0 Å². The van der Waals surface area contributed by atoms with Gasteiger partial charge in [-0.1, -0.05) is 17.7 Å². The van der Waals surface area contributed by atoms with E-state index < -0.39 is 11.7 Å². The van der Waals surface area contributed by atoms with E-state index in [1.54, 1.807) is 24.3 Å². The van der Waals surface area contributed by atoms with Crippen molar-refractivity contribution in [1.29, 1.82) is 0 Å². The lowest BCUT2D eigenvalue weighted by atomic mass is 10.1. The van der Waals surface area contributed by atoms with Gasteiger partial charge in [-0.2, -0.15) is 0 Å². The molecule has 1 amide bonds. The van der Waals surface area contributed by atoms with Crippen LogP contribution >= 0.6 is 11.6 Å². The van der Waals surface area contributed by atoms with Crippen molar-refractivity contribution < 1.29 is 9.59 Å². The number of rotatable bonds is 3. The second kappa shape index (κ2) is 5.89. The third-order valence-corrected chi connectivity index (χ3v) is 4.09. The maximum Gasteiger partial charge on any atom is 0.296 e. The van der Waals surface area contributed by atoms with Gasteiger partial charge in [-0.25, -0.2) is 0 Å². The van der Waals surface area contributed by atoms with Gasteiger partial charge in [0.25, 0.3) is 11.7 Å². The molecule has 0 aliphatic carbocycles. The number of amides is 1. The third-order valence-electron chi connectivity index (χ3n) is 3.86. The van der Waals surface area contributed by atoms with Crippen molar-refractivity contribution in [1.82, 2.24) is 4.98 Å². The van der Waals surface area contributed by atoms with Gasteiger partial charge in [0.05, 0.1) is 5.56 Å². The molecule has 2 N–H and O–H groups in total. The number of nitrogens with one attached hydrogen (secondary N) is 2. The Bertz CT molecular complexity index is 928. The predicted octanol–water partition coefficient (Wildman–Crippen LogP) is 4.26. The van der Waals surface area contributed by atoms with Crippen LogP contribution in [0, 0.1) is 13.8 Å². The Morgan fingerprint density at radius 3 is 2.57 bits per heavy atom. The van der Waals surface area contributed by atoms with E-state index in [-0.39, 0.29) is 0 Å². The molecule has 0 unspecified atom stereocenters. The number of aryl methyl sites for hydroxylation is 2. The highest BCUT2D eigenvalue weighted by molar-refractivity contribution is 6.48. The Kier molecular flexibility index (Phi) is 3.92. The zero-order valence-corrected chi connectivity index (χ0v) is 13.5. The summed E-state index contributed by atoms with van der Waals surface area (Å²) in [6, 6.07) is 10.7. The topological polar surface area (TPSA) is 62.0 Å². The lowest BCUT2D eigenvalue weighted by Gasteiger charge is -2.07. The maximum absolute atomic E-state index is 12.4. The molecule has 1 heterocycles. The fraction of sp³-hybridized carbons (Fsp3) is 0.111. The van der Waals surface area contributed by atoms with Gasteiger partial charge in [-0.05, 0) is 55.3 Å². The van der Waals surface area contributed by atoms with Crippen molar-refractivity contribution in [2.75, 3.05) is 5.32 Å². The van der Waals surface area contributed by atoms with Crippen LogP contribution in [0.5, 0.6) is 0 Å². The van der Waals surface area contributed by atoms with E-state index in [1.165, 1.54) is 6.20 Å². The molecule has 0 bridgehead atoms. The Balaban J connectivity index is 1.87. The van der Waals surface area contributed by atoms with Gasteiger partial charge in [-0.3, -0.25) is 9.59 Å². The molecular weight excluding hydrogens is 312 g/mol. The van der Waals surface area contributed by atoms with E-state index in [0.29, 0.717) is 21.7 Å². The molecule has 2 aromatic carbocycles. The van der Waals surface area contributed by atoms with Gasteiger partial charge >= 0.3 is 0 Å². The average molecular weight is 327 g/mol. The molecule has 3 rings (SSSR count). The van der Waals surface area contributed by atoms with E-state index in [4.69, 9.17) is 11.6 Å². The van der Waals surface area contributed by atoms with Gasteiger partial charge in [0, 0.05) is 27.8 Å². The number of ketones is 1. The first-order valence-electron chi connectivity index (χ1n) is 7.15. The average Bonchev–Trinajstić information content (AvgIpc) is 2.93. The van der Waals surface area contributed by atoms with Crippen LogP contribution in [0.25, 0.3) is 10.9 Å². The van der Waals surface area contributed by atoms with Crippen molar-refractivity contribution in [3.63, 3.8) is 0 Å². The summed E-state index contributed by atoms with van der Waals surface area (Å²) in [4.78, 5) is 27.6. The smallest absolute Gasteiger partial charge is 0.296 e. The molecule has 0 spiro atoms. The van der Waals surface area contributed by atoms with E-state index in [2.05, 4.69) is 10.3 Å². The molecule has 23 heavy (non-hydrogen) atoms. The molecule has 0 aliphatic heterocycles. The van der Waals surface area contributed by atoms with Crippen LogP contribution in [0.4, 0.5) is 5.69 Å². The number of carbonyl (C=O) groups excluding carboxylic acids is 2. The first-order valence-corrected chi connectivity index (χ1v) is 7.53. The second-order valence-corrected chi connectivity index (χ2v) is 5.91. The van der Waals surface area contributed by atoms with E-state index in [0.717, 1.165) is 16.6 Å². The number of H-pyrrole nitrogens is 1. The van der Waals surface area contributed by atoms with Gasteiger partial charge in [0.15, 0.2) is 0 Å². The minimum Gasteiger partial charge on any atom is -0.360 e. The number of halogens is 1. The lowest BCUT2D eigenvalue weighted by Crippen LogP contribution is -2.22. The van der Waals surface area contributed by atoms with Gasteiger partial charge in [-0.15, -0.1) is 0 Å². The van der Waals surface area contributed by atoms with Crippen LogP contribution in [-0.4, -0.2) is 16.7 Å². The number of hydrogen-bond donors (Lipinski definition) is 2. The quantitative estimate of drug-likeness (QED) is 0.558. The number of aromatic nitrogens is 1. The molecule has 0 radical (unpaired) electrons. The van der Waals surface area contributed by atoms with E-state index in [9.17, 15) is 9.59 Å². The third kappa shape index (κ3) is 2.98. The molecule has 4 nitrogen and oxygen atoms in total. The molecule has 0 fully saturated rings. The van der Waals surface area contributed by atoms with Crippen molar-refractivity contribution in [3.8, 4) is 0 Å². The largest absolute Gasteiger partial charge is 0.360 e. The first-order chi connectivity index (χ1) is 11.0. The summed E-state index contributed by atoms with van der Waals surface area (Å²) in [5.74, 6) is -1.27. The molecule has 3 aromatic rings. The van der Waals surface area contributed by atoms with Gasteiger partial charge in [0.2, 0.25) is 0 Å². The summed E-state index contributed by atoms with van der Waals surface area (Å²) in [7, 11) is 0. The fourth-order valence-electron chi connectivity index (χ4n) is 2.41. The number of Topliss-reactive ketones (excluding diaryl/α,β-unsaturated/α-hetero) is 1. The standard InChI is InChI=1S/C18H15ClN2O2/c1-10-3-5-13(7-11(10)2)21-18(23)17(22)15-9-20-16-6-4-12(19)8-14(15)16/h3-9,20H,1-2H3,(H,21,23). The molecule has 1 aromatic heterocycles. The minimum atomic E-state index is -0.672. The van der Waals surface area contributed by atoms with Crippen LogP contribution in [0.15, 0.2) is 42.6 Å². The lowest BCUT2D eigenvalue weighted by molar-refractivity contribution is -0.112. The highest BCUT2D eigenvalue weighted by Gasteiger charge is 2.20. The summed E-state index contributed by atoms with van der Waals surface area (Å²) >= 11 is 5.97. The van der Waals surface area contributed by atoms with Crippen LogP contribution in [0.1, 0.15) is 21.5 Å². The Morgan fingerprint density at radius 1 is 1.04 bits per heavy atom. The normalized spacial score (nSPS) is 10.7. The Labute approximate surface area is 138 Å². The number of carbonyl (C=O) groups is 2.